The van der Waals surface area contributed by atoms with Gasteiger partial charge in [0.05, 0.1) is 27.9 Å². The third-order valence-electron chi connectivity index (χ3n) is 2.46. The molecule has 0 aliphatic carbocycles. The smallest absolute Gasteiger partial charge is 0.175 e. The molecule has 0 bridgehead atoms. The van der Waals surface area contributed by atoms with Gasteiger partial charge in [0, 0.05) is 5.56 Å². The van der Waals surface area contributed by atoms with Gasteiger partial charge in [-0.05, 0) is 29.6 Å². The molecule has 2 aromatic rings. The van der Waals surface area contributed by atoms with Gasteiger partial charge >= 0.3 is 0 Å². The Morgan fingerprint density at radius 1 is 1.42 bits per heavy atom. The van der Waals surface area contributed by atoms with Crippen LogP contribution in [0.2, 0.25) is 0 Å². The lowest BCUT2D eigenvalue weighted by Crippen LogP contribution is -2.10. The Morgan fingerprint density at radius 2 is 2.21 bits per heavy atom. The maximum absolute atomic E-state index is 13.5. The Hall–Kier alpha value is -1.53. The molecule has 1 unspecified atom stereocenters. The zero-order valence-electron chi connectivity index (χ0n) is 10.1. The van der Waals surface area contributed by atoms with Crippen molar-refractivity contribution in [2.24, 2.45) is 0 Å². The summed E-state index contributed by atoms with van der Waals surface area (Å²) in [5.74, 6) is -1.02. The molecular formula is C13H11FO3S2. The average Bonchev–Trinajstić information content (AvgIpc) is 2.92. The fraction of sp³-hybridized carbons (Fsp3) is 0.154. The number of hydrogen-bond donors (Lipinski definition) is 0. The van der Waals surface area contributed by atoms with Gasteiger partial charge in [-0.1, -0.05) is 6.07 Å². The van der Waals surface area contributed by atoms with Gasteiger partial charge in [-0.15, -0.1) is 11.3 Å². The lowest BCUT2D eigenvalue weighted by molar-refractivity contribution is 0.102. The Labute approximate surface area is 116 Å². The highest BCUT2D eigenvalue weighted by Gasteiger charge is 2.15. The van der Waals surface area contributed by atoms with E-state index in [1.54, 1.807) is 17.5 Å². The van der Waals surface area contributed by atoms with Crippen molar-refractivity contribution >= 4 is 27.9 Å². The third kappa shape index (κ3) is 3.27. The van der Waals surface area contributed by atoms with Crippen molar-refractivity contribution in [1.29, 1.82) is 0 Å². The molecule has 100 valence electrons. The minimum absolute atomic E-state index is 0.0796. The number of thiophene rings is 1. The second-order valence-corrected chi connectivity index (χ2v) is 6.32. The Morgan fingerprint density at radius 3 is 2.79 bits per heavy atom. The van der Waals surface area contributed by atoms with Gasteiger partial charge in [0.2, 0.25) is 0 Å². The molecule has 0 fully saturated rings. The molecule has 0 N–H and O–H groups in total. The number of rotatable bonds is 5. The van der Waals surface area contributed by atoms with E-state index in [0.29, 0.717) is 4.21 Å². The van der Waals surface area contributed by atoms with E-state index in [-0.39, 0.29) is 22.8 Å². The highest BCUT2D eigenvalue weighted by molar-refractivity contribution is 7.88. The first-order valence-electron chi connectivity index (χ1n) is 5.40. The summed E-state index contributed by atoms with van der Waals surface area (Å²) in [6.07, 6.45) is 0. The number of Topliss-reactive ketones (excluding diaryl/α,β-unsaturated/α-hetero) is 1. The monoisotopic (exact) mass is 298 g/mol. The predicted octanol–water partition coefficient (Wildman–Crippen LogP) is 2.89. The predicted molar refractivity (Wildman–Crippen MR) is 72.9 cm³/mol. The minimum atomic E-state index is -1.38. The van der Waals surface area contributed by atoms with Crippen LogP contribution >= 0.6 is 11.3 Å². The van der Waals surface area contributed by atoms with E-state index in [0.717, 1.165) is 6.07 Å². The van der Waals surface area contributed by atoms with Crippen LogP contribution in [0.3, 0.4) is 0 Å². The van der Waals surface area contributed by atoms with E-state index >= 15 is 0 Å². The van der Waals surface area contributed by atoms with Crippen LogP contribution in [0.5, 0.6) is 5.75 Å². The van der Waals surface area contributed by atoms with E-state index in [1.807, 2.05) is 0 Å². The van der Waals surface area contributed by atoms with Gasteiger partial charge in [0.15, 0.2) is 17.3 Å². The SMILES string of the molecule is COc1ccc(C(=O)CS(=O)c2cccs2)cc1F. The first-order chi connectivity index (χ1) is 9.11. The zero-order chi connectivity index (χ0) is 13.8. The Balaban J connectivity index is 2.12. The summed E-state index contributed by atoms with van der Waals surface area (Å²) in [6.45, 7) is 0. The summed E-state index contributed by atoms with van der Waals surface area (Å²) >= 11 is 1.33. The molecule has 6 heteroatoms. The van der Waals surface area contributed by atoms with Crippen LogP contribution in [0, 0.1) is 5.82 Å². The van der Waals surface area contributed by atoms with Gasteiger partial charge in [0.25, 0.3) is 0 Å². The summed E-state index contributed by atoms with van der Waals surface area (Å²) in [4.78, 5) is 11.9. The van der Waals surface area contributed by atoms with E-state index < -0.39 is 16.6 Å². The quantitative estimate of drug-likeness (QED) is 0.797. The summed E-state index contributed by atoms with van der Waals surface area (Å²) in [7, 11) is -0.0284. The van der Waals surface area contributed by atoms with Gasteiger partial charge in [-0.25, -0.2) is 4.39 Å². The summed E-state index contributed by atoms with van der Waals surface area (Å²) in [5.41, 5.74) is 0.197. The fourth-order valence-corrected chi connectivity index (χ4v) is 3.50. The van der Waals surface area contributed by atoms with Crippen LogP contribution in [0.25, 0.3) is 0 Å². The summed E-state index contributed by atoms with van der Waals surface area (Å²) in [5, 5.41) is 1.80. The largest absolute Gasteiger partial charge is 0.494 e. The third-order valence-corrected chi connectivity index (χ3v) is 5.07. The normalized spacial score (nSPS) is 12.1. The first kappa shape index (κ1) is 13.9. The molecule has 0 aliphatic rings. The molecule has 0 saturated heterocycles. The molecule has 19 heavy (non-hydrogen) atoms. The van der Waals surface area contributed by atoms with Crippen LogP contribution in [0.15, 0.2) is 39.9 Å². The maximum Gasteiger partial charge on any atom is 0.175 e. The van der Waals surface area contributed by atoms with Gasteiger partial charge < -0.3 is 4.74 Å². The van der Waals surface area contributed by atoms with Crippen LogP contribution in [0.1, 0.15) is 10.4 Å². The van der Waals surface area contributed by atoms with Crippen LogP contribution in [0.4, 0.5) is 4.39 Å². The second kappa shape index (κ2) is 6.08. The molecule has 1 atom stereocenters. The van der Waals surface area contributed by atoms with Crippen molar-refractivity contribution in [3.8, 4) is 5.75 Å². The van der Waals surface area contributed by atoms with E-state index in [2.05, 4.69) is 0 Å². The van der Waals surface area contributed by atoms with Crippen LogP contribution in [-0.2, 0) is 10.8 Å². The molecule has 0 amide bonds. The molecular weight excluding hydrogens is 287 g/mol. The highest BCUT2D eigenvalue weighted by Crippen LogP contribution is 2.19. The molecule has 1 aromatic heterocycles. The molecule has 0 spiro atoms. The van der Waals surface area contributed by atoms with Crippen LogP contribution < -0.4 is 4.74 Å². The fourth-order valence-electron chi connectivity index (χ4n) is 1.51. The van der Waals surface area contributed by atoms with E-state index in [4.69, 9.17) is 4.74 Å². The number of benzene rings is 1. The standard InChI is InChI=1S/C13H11FO3S2/c1-17-12-5-4-9(7-10(12)14)11(15)8-19(16)13-3-2-6-18-13/h2-7H,8H2,1H3. The van der Waals surface area contributed by atoms with Crippen molar-refractivity contribution in [3.63, 3.8) is 0 Å². The van der Waals surface area contributed by atoms with Gasteiger partial charge in [-0.2, -0.15) is 0 Å². The number of methoxy groups -OCH3 is 1. The molecule has 2 rings (SSSR count). The average molecular weight is 298 g/mol. The van der Waals surface area contributed by atoms with Gasteiger partial charge in [0.1, 0.15) is 0 Å². The molecule has 1 heterocycles. The van der Waals surface area contributed by atoms with Crippen LogP contribution in [-0.4, -0.2) is 22.9 Å². The minimum Gasteiger partial charge on any atom is -0.494 e. The number of ketones is 1. The highest BCUT2D eigenvalue weighted by atomic mass is 32.2. The first-order valence-corrected chi connectivity index (χ1v) is 7.60. The van der Waals surface area contributed by atoms with Crippen molar-refractivity contribution in [3.05, 3.63) is 47.1 Å². The lowest BCUT2D eigenvalue weighted by Gasteiger charge is -2.04. The van der Waals surface area contributed by atoms with Crippen molar-refractivity contribution in [1.82, 2.24) is 0 Å². The lowest BCUT2D eigenvalue weighted by atomic mass is 10.1. The van der Waals surface area contributed by atoms with E-state index in [9.17, 15) is 13.4 Å². The summed E-state index contributed by atoms with van der Waals surface area (Å²) < 4.78 is 30.8. The number of carbonyl (C=O) groups is 1. The number of hydrogen-bond acceptors (Lipinski definition) is 4. The Kier molecular flexibility index (Phi) is 4.44. The Bertz CT molecular complexity index is 608. The molecule has 3 nitrogen and oxygen atoms in total. The molecule has 1 aromatic carbocycles. The van der Waals surface area contributed by atoms with Crippen molar-refractivity contribution < 1.29 is 18.1 Å². The van der Waals surface area contributed by atoms with Crippen molar-refractivity contribution in [2.75, 3.05) is 12.9 Å². The topological polar surface area (TPSA) is 43.4 Å². The maximum atomic E-state index is 13.5. The molecule has 0 saturated carbocycles. The van der Waals surface area contributed by atoms with Gasteiger partial charge in [-0.3, -0.25) is 9.00 Å². The van der Waals surface area contributed by atoms with E-state index in [1.165, 1.54) is 30.6 Å². The van der Waals surface area contributed by atoms with Crippen molar-refractivity contribution in [2.45, 2.75) is 4.21 Å². The summed E-state index contributed by atoms with van der Waals surface area (Å²) in [6, 6.07) is 7.44. The zero-order valence-corrected chi connectivity index (χ0v) is 11.7. The number of carbonyl (C=O) groups excluding carboxylic acids is 1. The second-order valence-electron chi connectivity index (χ2n) is 3.69. The number of ether oxygens (including phenoxy) is 1. The number of halogens is 1. The molecule has 0 radical (unpaired) electrons. The molecule has 0 aliphatic heterocycles.